The van der Waals surface area contributed by atoms with Crippen LogP contribution in [0.15, 0.2) is 42.5 Å². The second-order valence-corrected chi connectivity index (χ2v) is 4.34. The number of para-hydroxylation sites is 1. The molecular formula is C15H13F2NO2. The highest BCUT2D eigenvalue weighted by atomic mass is 19.1. The van der Waals surface area contributed by atoms with E-state index in [-0.39, 0.29) is 5.56 Å². The van der Waals surface area contributed by atoms with Crippen molar-refractivity contribution in [3.63, 3.8) is 0 Å². The first-order chi connectivity index (χ1) is 9.49. The molecule has 104 valence electrons. The van der Waals surface area contributed by atoms with Crippen LogP contribution in [0.3, 0.4) is 0 Å². The summed E-state index contributed by atoms with van der Waals surface area (Å²) in [5.74, 6) is -2.27. The van der Waals surface area contributed by atoms with Gasteiger partial charge in [-0.1, -0.05) is 18.2 Å². The van der Waals surface area contributed by atoms with Crippen molar-refractivity contribution in [3.8, 4) is 0 Å². The Labute approximate surface area is 114 Å². The Morgan fingerprint density at radius 3 is 2.60 bits per heavy atom. The zero-order valence-corrected chi connectivity index (χ0v) is 10.7. The van der Waals surface area contributed by atoms with E-state index >= 15 is 0 Å². The zero-order valence-electron chi connectivity index (χ0n) is 10.7. The topological polar surface area (TPSA) is 49.3 Å². The van der Waals surface area contributed by atoms with Crippen molar-refractivity contribution in [1.29, 1.82) is 0 Å². The van der Waals surface area contributed by atoms with Gasteiger partial charge in [0.05, 0.1) is 11.7 Å². The van der Waals surface area contributed by atoms with E-state index in [0.717, 1.165) is 18.2 Å². The Balaban J connectivity index is 2.31. The molecule has 0 aliphatic heterocycles. The molecule has 0 spiro atoms. The normalized spacial score (nSPS) is 12.0. The van der Waals surface area contributed by atoms with Gasteiger partial charge in [-0.05, 0) is 31.2 Å². The second kappa shape index (κ2) is 5.79. The molecule has 20 heavy (non-hydrogen) atoms. The quantitative estimate of drug-likeness (QED) is 0.904. The van der Waals surface area contributed by atoms with E-state index in [0.29, 0.717) is 11.3 Å². The fraction of sp³-hybridized carbons (Fsp3) is 0.133. The highest BCUT2D eigenvalue weighted by Gasteiger charge is 2.15. The predicted octanol–water partition coefficient (Wildman–Crippen LogP) is 3.27. The molecule has 0 heterocycles. The molecule has 2 aromatic carbocycles. The molecule has 2 N–H and O–H groups in total. The van der Waals surface area contributed by atoms with Crippen LogP contribution in [0.1, 0.15) is 28.9 Å². The lowest BCUT2D eigenvalue weighted by Crippen LogP contribution is -2.15. The van der Waals surface area contributed by atoms with Crippen molar-refractivity contribution in [2.45, 2.75) is 13.0 Å². The fourth-order valence-corrected chi connectivity index (χ4v) is 1.84. The summed E-state index contributed by atoms with van der Waals surface area (Å²) in [5, 5.41) is 12.1. The number of amides is 1. The van der Waals surface area contributed by atoms with Crippen LogP contribution in [0.4, 0.5) is 14.5 Å². The first kappa shape index (κ1) is 14.1. The van der Waals surface area contributed by atoms with Crippen LogP contribution >= 0.6 is 0 Å². The van der Waals surface area contributed by atoms with Gasteiger partial charge < -0.3 is 10.4 Å². The monoisotopic (exact) mass is 277 g/mol. The molecule has 0 radical (unpaired) electrons. The Kier molecular flexibility index (Phi) is 4.10. The maximum atomic E-state index is 13.5. The standard InChI is InChI=1S/C15H13F2NO2/c1-9(19)11-4-2-3-5-14(11)18-15(20)12-8-10(16)6-7-13(12)17/h2-9,19H,1H3,(H,18,20). The molecule has 5 heteroatoms. The number of anilines is 1. The Morgan fingerprint density at radius 1 is 1.20 bits per heavy atom. The lowest BCUT2D eigenvalue weighted by molar-refractivity contribution is 0.102. The van der Waals surface area contributed by atoms with Crippen molar-refractivity contribution in [2.75, 3.05) is 5.32 Å². The van der Waals surface area contributed by atoms with E-state index in [1.54, 1.807) is 31.2 Å². The van der Waals surface area contributed by atoms with Crippen LogP contribution in [0.5, 0.6) is 0 Å². The number of aliphatic hydroxyl groups excluding tert-OH is 1. The van der Waals surface area contributed by atoms with Crippen molar-refractivity contribution in [3.05, 3.63) is 65.2 Å². The Morgan fingerprint density at radius 2 is 1.90 bits per heavy atom. The number of nitrogens with one attached hydrogen (secondary N) is 1. The summed E-state index contributed by atoms with van der Waals surface area (Å²) in [7, 11) is 0. The summed E-state index contributed by atoms with van der Waals surface area (Å²) >= 11 is 0. The number of halogens is 2. The maximum absolute atomic E-state index is 13.5. The molecule has 0 saturated carbocycles. The van der Waals surface area contributed by atoms with Crippen LogP contribution in [0.2, 0.25) is 0 Å². The number of benzene rings is 2. The average Bonchev–Trinajstić information content (AvgIpc) is 2.41. The van der Waals surface area contributed by atoms with Crippen LogP contribution in [-0.2, 0) is 0 Å². The molecule has 0 fully saturated rings. The summed E-state index contributed by atoms with van der Waals surface area (Å²) in [6, 6.07) is 9.26. The number of hydrogen-bond acceptors (Lipinski definition) is 2. The smallest absolute Gasteiger partial charge is 0.258 e. The number of carbonyl (C=O) groups is 1. The van der Waals surface area contributed by atoms with Gasteiger partial charge in [-0.25, -0.2) is 8.78 Å². The number of carbonyl (C=O) groups excluding carboxylic acids is 1. The average molecular weight is 277 g/mol. The second-order valence-electron chi connectivity index (χ2n) is 4.34. The summed E-state index contributed by atoms with van der Waals surface area (Å²) in [6.07, 6.45) is -0.788. The van der Waals surface area contributed by atoms with E-state index in [4.69, 9.17) is 0 Å². The van der Waals surface area contributed by atoms with E-state index in [1.165, 1.54) is 0 Å². The van der Waals surface area contributed by atoms with Gasteiger partial charge in [0.25, 0.3) is 5.91 Å². The van der Waals surface area contributed by atoms with Gasteiger partial charge in [-0.3, -0.25) is 4.79 Å². The number of aliphatic hydroxyl groups is 1. The highest BCUT2D eigenvalue weighted by Crippen LogP contribution is 2.23. The minimum atomic E-state index is -0.807. The molecule has 2 aromatic rings. The molecule has 2 rings (SSSR count). The van der Waals surface area contributed by atoms with Gasteiger partial charge in [-0.2, -0.15) is 0 Å². The first-order valence-electron chi connectivity index (χ1n) is 6.02. The molecule has 1 unspecified atom stereocenters. The highest BCUT2D eigenvalue weighted by molar-refractivity contribution is 6.04. The summed E-state index contributed by atoms with van der Waals surface area (Å²) in [4.78, 5) is 12.0. The molecule has 0 saturated heterocycles. The summed E-state index contributed by atoms with van der Waals surface area (Å²) in [5.41, 5.74) is 0.471. The van der Waals surface area contributed by atoms with Crippen LogP contribution in [-0.4, -0.2) is 11.0 Å². The number of rotatable bonds is 3. The van der Waals surface area contributed by atoms with Crippen molar-refractivity contribution in [1.82, 2.24) is 0 Å². The van der Waals surface area contributed by atoms with Gasteiger partial charge in [0.15, 0.2) is 0 Å². The molecule has 0 aromatic heterocycles. The first-order valence-corrected chi connectivity index (χ1v) is 6.02. The number of hydrogen-bond donors (Lipinski definition) is 2. The lowest BCUT2D eigenvalue weighted by Gasteiger charge is -2.13. The zero-order chi connectivity index (χ0) is 14.7. The third-order valence-corrected chi connectivity index (χ3v) is 2.83. The fourth-order valence-electron chi connectivity index (χ4n) is 1.84. The molecule has 1 amide bonds. The van der Waals surface area contributed by atoms with Gasteiger partial charge in [0.2, 0.25) is 0 Å². The van der Waals surface area contributed by atoms with Crippen LogP contribution in [0.25, 0.3) is 0 Å². The van der Waals surface area contributed by atoms with E-state index in [9.17, 15) is 18.7 Å². The van der Waals surface area contributed by atoms with Gasteiger partial charge >= 0.3 is 0 Å². The lowest BCUT2D eigenvalue weighted by atomic mass is 10.1. The van der Waals surface area contributed by atoms with Crippen molar-refractivity contribution < 1.29 is 18.7 Å². The Bertz CT molecular complexity index is 642. The molecule has 0 aliphatic carbocycles. The van der Waals surface area contributed by atoms with Gasteiger partial charge in [0.1, 0.15) is 11.6 Å². The predicted molar refractivity (Wildman–Crippen MR) is 71.4 cm³/mol. The van der Waals surface area contributed by atoms with Gasteiger partial charge in [0, 0.05) is 11.3 Å². The summed E-state index contributed by atoms with van der Waals surface area (Å²) < 4.78 is 26.6. The minimum absolute atomic E-state index is 0.358. The van der Waals surface area contributed by atoms with E-state index in [1.807, 2.05) is 0 Å². The van der Waals surface area contributed by atoms with E-state index < -0.39 is 23.6 Å². The largest absolute Gasteiger partial charge is 0.389 e. The van der Waals surface area contributed by atoms with Crippen molar-refractivity contribution >= 4 is 11.6 Å². The Hall–Kier alpha value is -2.27. The minimum Gasteiger partial charge on any atom is -0.389 e. The van der Waals surface area contributed by atoms with Crippen LogP contribution < -0.4 is 5.32 Å². The molecule has 0 aliphatic rings. The third-order valence-electron chi connectivity index (χ3n) is 2.83. The van der Waals surface area contributed by atoms with Gasteiger partial charge in [-0.15, -0.1) is 0 Å². The molecule has 3 nitrogen and oxygen atoms in total. The molecule has 1 atom stereocenters. The van der Waals surface area contributed by atoms with Crippen molar-refractivity contribution in [2.24, 2.45) is 0 Å². The van der Waals surface area contributed by atoms with Crippen LogP contribution in [0, 0.1) is 11.6 Å². The molecular weight excluding hydrogens is 264 g/mol. The maximum Gasteiger partial charge on any atom is 0.258 e. The SMILES string of the molecule is CC(O)c1ccccc1NC(=O)c1cc(F)ccc1F. The van der Waals surface area contributed by atoms with E-state index in [2.05, 4.69) is 5.32 Å². The molecule has 0 bridgehead atoms. The third kappa shape index (κ3) is 3.00. The summed E-state index contributed by atoms with van der Waals surface area (Å²) in [6.45, 7) is 1.55.